The van der Waals surface area contributed by atoms with E-state index in [0.717, 1.165) is 72.4 Å². The van der Waals surface area contributed by atoms with Crippen molar-refractivity contribution in [2.45, 2.75) is 32.5 Å². The summed E-state index contributed by atoms with van der Waals surface area (Å²) in [5.74, 6) is 1.86. The van der Waals surface area contributed by atoms with Crippen LogP contribution in [-0.4, -0.2) is 53.7 Å². The maximum absolute atomic E-state index is 6.57. The van der Waals surface area contributed by atoms with Crippen LogP contribution >= 0.6 is 11.6 Å². The van der Waals surface area contributed by atoms with Crippen LogP contribution in [-0.2, 0) is 13.1 Å². The van der Waals surface area contributed by atoms with E-state index >= 15 is 0 Å². The molecule has 4 aromatic rings. The van der Waals surface area contributed by atoms with E-state index in [0.29, 0.717) is 0 Å². The highest BCUT2D eigenvalue weighted by atomic mass is 35.5. The highest BCUT2D eigenvalue weighted by Crippen LogP contribution is 2.42. The first kappa shape index (κ1) is 23.4. The van der Waals surface area contributed by atoms with Gasteiger partial charge >= 0.3 is 0 Å². The molecule has 3 aromatic carbocycles. The summed E-state index contributed by atoms with van der Waals surface area (Å²) in [6.07, 6.45) is 4.37. The quantitative estimate of drug-likeness (QED) is 0.339. The van der Waals surface area contributed by atoms with Crippen molar-refractivity contribution in [3.8, 4) is 11.5 Å². The fourth-order valence-electron chi connectivity index (χ4n) is 5.43. The van der Waals surface area contributed by atoms with E-state index in [4.69, 9.17) is 21.1 Å². The Morgan fingerprint density at radius 3 is 2.50 bits per heavy atom. The zero-order valence-corrected chi connectivity index (χ0v) is 21.9. The van der Waals surface area contributed by atoms with Gasteiger partial charge in [0.2, 0.25) is 0 Å². The van der Waals surface area contributed by atoms with Crippen molar-refractivity contribution in [3.05, 3.63) is 76.3 Å². The monoisotopic (exact) mass is 501 g/mol. The molecule has 2 aliphatic heterocycles. The highest BCUT2D eigenvalue weighted by Gasteiger charge is 2.28. The van der Waals surface area contributed by atoms with Crippen LogP contribution < -0.4 is 9.47 Å². The van der Waals surface area contributed by atoms with Gasteiger partial charge in [-0.25, -0.2) is 0 Å². The van der Waals surface area contributed by atoms with Gasteiger partial charge < -0.3 is 14.5 Å². The smallest absolute Gasteiger partial charge is 0.134 e. The maximum atomic E-state index is 6.57. The van der Waals surface area contributed by atoms with Crippen molar-refractivity contribution in [2.75, 3.05) is 33.3 Å². The molecule has 3 heterocycles. The van der Waals surface area contributed by atoms with Crippen LogP contribution in [0.15, 0.2) is 54.6 Å². The summed E-state index contributed by atoms with van der Waals surface area (Å²) in [6, 6.07) is 16.7. The summed E-state index contributed by atoms with van der Waals surface area (Å²) < 4.78 is 12.1. The number of hydrogen-bond acceptors (Lipinski definition) is 4. The Balaban J connectivity index is 1.29. The lowest BCUT2D eigenvalue weighted by Gasteiger charge is -2.36. The Morgan fingerprint density at radius 1 is 0.972 bits per heavy atom. The number of benzene rings is 3. The van der Waals surface area contributed by atoms with E-state index in [-0.39, 0.29) is 5.60 Å². The Morgan fingerprint density at radius 2 is 1.75 bits per heavy atom. The fraction of sp³-hybridized carbons (Fsp3) is 0.333. The molecule has 5 nitrogen and oxygen atoms in total. The molecule has 2 aliphatic rings. The number of fused-ring (bicyclic) bond motifs is 5. The van der Waals surface area contributed by atoms with Crippen LogP contribution in [0.1, 0.15) is 30.5 Å². The molecule has 0 saturated carbocycles. The van der Waals surface area contributed by atoms with Crippen LogP contribution in [0.4, 0.5) is 0 Å². The average Bonchev–Trinajstić information content (AvgIpc) is 3.22. The molecule has 1 aromatic heterocycles. The van der Waals surface area contributed by atoms with E-state index in [1.54, 1.807) is 7.11 Å². The van der Waals surface area contributed by atoms with Gasteiger partial charge in [-0.15, -0.1) is 0 Å². The lowest BCUT2D eigenvalue weighted by Crippen LogP contribution is -2.45. The molecule has 6 rings (SSSR count). The van der Waals surface area contributed by atoms with Gasteiger partial charge in [0.1, 0.15) is 17.1 Å². The number of halogens is 1. The molecule has 0 atom stereocenters. The largest absolute Gasteiger partial charge is 0.497 e. The molecule has 36 heavy (non-hydrogen) atoms. The predicted molar refractivity (Wildman–Crippen MR) is 148 cm³/mol. The van der Waals surface area contributed by atoms with E-state index in [2.05, 4.69) is 71.1 Å². The summed E-state index contributed by atoms with van der Waals surface area (Å²) in [6.45, 7) is 10.2. The maximum Gasteiger partial charge on any atom is 0.134 e. The predicted octanol–water partition coefficient (Wildman–Crippen LogP) is 6.49. The molecule has 0 amide bonds. The third-order valence-electron chi connectivity index (χ3n) is 7.34. The summed E-state index contributed by atoms with van der Waals surface area (Å²) in [4.78, 5) is 8.68. The molecule has 0 spiro atoms. The summed E-state index contributed by atoms with van der Waals surface area (Å²) in [7, 11) is 1.72. The van der Waals surface area contributed by atoms with Crippen LogP contribution in [0.5, 0.6) is 11.5 Å². The zero-order valence-electron chi connectivity index (χ0n) is 21.1. The second-order valence-electron chi connectivity index (χ2n) is 10.5. The van der Waals surface area contributed by atoms with Gasteiger partial charge in [0.25, 0.3) is 0 Å². The number of hydrogen-bond donors (Lipinski definition) is 1. The minimum atomic E-state index is -0.333. The normalized spacial score (nSPS) is 17.9. The van der Waals surface area contributed by atoms with Crippen molar-refractivity contribution < 1.29 is 9.47 Å². The van der Waals surface area contributed by atoms with Gasteiger partial charge in [-0.05, 0) is 68.0 Å². The SMILES string of the molecule is COc1ccc2[nH]c3c4c(c(CN5CCN(Cc6cccc(Cl)c6)CC5)cc3c2c1)OC(C)(C)C=C4. The molecule has 1 N–H and O–H groups in total. The van der Waals surface area contributed by atoms with Crippen molar-refractivity contribution in [3.63, 3.8) is 0 Å². The van der Waals surface area contributed by atoms with Crippen molar-refractivity contribution in [1.82, 2.24) is 14.8 Å². The lowest BCUT2D eigenvalue weighted by atomic mass is 9.96. The molecular weight excluding hydrogens is 470 g/mol. The van der Waals surface area contributed by atoms with E-state index in [9.17, 15) is 0 Å². The van der Waals surface area contributed by atoms with Crippen LogP contribution in [0.3, 0.4) is 0 Å². The van der Waals surface area contributed by atoms with Gasteiger partial charge in [-0.3, -0.25) is 9.80 Å². The first-order chi connectivity index (χ1) is 17.4. The topological polar surface area (TPSA) is 40.7 Å². The Hall–Kier alpha value is -2.99. The van der Waals surface area contributed by atoms with Gasteiger partial charge in [0.15, 0.2) is 0 Å². The minimum absolute atomic E-state index is 0.333. The van der Waals surface area contributed by atoms with Gasteiger partial charge in [0, 0.05) is 71.7 Å². The van der Waals surface area contributed by atoms with Crippen LogP contribution in [0, 0.1) is 0 Å². The van der Waals surface area contributed by atoms with Crippen LogP contribution in [0.25, 0.3) is 27.9 Å². The Kier molecular flexibility index (Phi) is 5.95. The number of nitrogens with zero attached hydrogens (tertiary/aromatic N) is 2. The molecule has 0 bridgehead atoms. The lowest BCUT2D eigenvalue weighted by molar-refractivity contribution is 0.117. The number of rotatable bonds is 5. The van der Waals surface area contributed by atoms with Gasteiger partial charge in [-0.1, -0.05) is 23.7 Å². The second-order valence-corrected chi connectivity index (χ2v) is 10.9. The number of aromatic amines is 1. The standard InChI is InChI=1S/C30H32ClN3O2/c1-30(2)10-9-24-28-26(25-17-23(35-3)7-8-27(25)32-28)16-21(29(24)36-30)19-34-13-11-33(12-14-34)18-20-5-4-6-22(31)15-20/h4-10,15-17,32H,11-14,18-19H2,1-3H3. The molecule has 186 valence electrons. The number of aromatic nitrogens is 1. The first-order valence-corrected chi connectivity index (χ1v) is 13.0. The molecule has 0 radical (unpaired) electrons. The third-order valence-corrected chi connectivity index (χ3v) is 7.58. The van der Waals surface area contributed by atoms with E-state index in [1.807, 2.05) is 18.2 Å². The summed E-state index contributed by atoms with van der Waals surface area (Å²) in [5.41, 5.74) is 5.54. The molecule has 0 unspecified atom stereocenters. The number of ether oxygens (including phenoxy) is 2. The molecule has 0 aliphatic carbocycles. The van der Waals surface area contributed by atoms with Crippen molar-refractivity contribution >= 4 is 39.5 Å². The van der Waals surface area contributed by atoms with Crippen LogP contribution in [0.2, 0.25) is 5.02 Å². The average molecular weight is 502 g/mol. The molecule has 1 fully saturated rings. The van der Waals surface area contributed by atoms with Crippen molar-refractivity contribution in [1.29, 1.82) is 0 Å². The molecule has 1 saturated heterocycles. The second kappa shape index (κ2) is 9.15. The summed E-state index contributed by atoms with van der Waals surface area (Å²) in [5, 5.41) is 3.20. The summed E-state index contributed by atoms with van der Waals surface area (Å²) >= 11 is 6.19. The first-order valence-electron chi connectivity index (χ1n) is 12.6. The fourth-order valence-corrected chi connectivity index (χ4v) is 5.64. The minimum Gasteiger partial charge on any atom is -0.497 e. The third kappa shape index (κ3) is 4.47. The van der Waals surface area contributed by atoms with E-state index in [1.165, 1.54) is 21.9 Å². The number of nitrogens with one attached hydrogen (secondary N) is 1. The number of H-pyrrole nitrogens is 1. The zero-order chi connectivity index (χ0) is 24.9. The highest BCUT2D eigenvalue weighted by molar-refractivity contribution is 6.30. The Labute approximate surface area is 217 Å². The van der Waals surface area contributed by atoms with Gasteiger partial charge in [-0.2, -0.15) is 0 Å². The number of methoxy groups -OCH3 is 1. The van der Waals surface area contributed by atoms with E-state index < -0.39 is 0 Å². The Bertz CT molecular complexity index is 1460. The van der Waals surface area contributed by atoms with Crippen molar-refractivity contribution in [2.24, 2.45) is 0 Å². The van der Waals surface area contributed by atoms with Gasteiger partial charge in [0.05, 0.1) is 12.6 Å². The molecule has 6 heteroatoms. The molecular formula is C30H32ClN3O2. The number of piperazine rings is 1.